The van der Waals surface area contributed by atoms with Crippen LogP contribution in [-0.4, -0.2) is 100 Å². The standard InChI is InChI=1S/C14H30O9S2/c1-7(16)10(5-24)22-13(9(17)4-15)21-8(2)11(6-25)23-14(20-3)12(18)19/h7-19,24-25H,4-6H2,1-3H3/t7-,8-,9-,10?,11?,13?,14?/m0/s1. The highest BCUT2D eigenvalue weighted by Gasteiger charge is 2.32. The number of methoxy groups -OCH3 is 1. The zero-order chi connectivity index (χ0) is 19.6. The van der Waals surface area contributed by atoms with Crippen LogP contribution < -0.4 is 0 Å². The first-order chi connectivity index (χ1) is 11.7. The third kappa shape index (κ3) is 9.20. The summed E-state index contributed by atoms with van der Waals surface area (Å²) in [4.78, 5) is 0. The number of ether oxygens (including phenoxy) is 4. The highest BCUT2D eigenvalue weighted by molar-refractivity contribution is 7.80. The van der Waals surface area contributed by atoms with E-state index < -0.39 is 56.0 Å². The molecular weight excluding hydrogens is 376 g/mol. The molecule has 0 aliphatic carbocycles. The zero-order valence-electron chi connectivity index (χ0n) is 14.5. The molecule has 0 aromatic carbocycles. The molecule has 7 atom stereocenters. The molecule has 0 aromatic heterocycles. The van der Waals surface area contributed by atoms with E-state index in [1.807, 2.05) is 0 Å². The molecular formula is C14H30O9S2. The van der Waals surface area contributed by atoms with Gasteiger partial charge >= 0.3 is 0 Å². The quantitative estimate of drug-likeness (QED) is 0.134. The van der Waals surface area contributed by atoms with E-state index in [0.29, 0.717) is 0 Å². The third-order valence-corrected chi connectivity index (χ3v) is 4.08. The van der Waals surface area contributed by atoms with E-state index in [2.05, 4.69) is 25.3 Å². The predicted octanol–water partition coefficient (Wildman–Crippen LogP) is -1.64. The van der Waals surface area contributed by atoms with Gasteiger partial charge in [-0.1, -0.05) is 0 Å². The average Bonchev–Trinajstić information content (AvgIpc) is 2.57. The van der Waals surface area contributed by atoms with E-state index in [0.717, 1.165) is 0 Å². The van der Waals surface area contributed by atoms with Crippen molar-refractivity contribution in [1.82, 2.24) is 0 Å². The number of aliphatic hydroxyl groups is 5. The second-order valence-electron chi connectivity index (χ2n) is 5.43. The topological polar surface area (TPSA) is 138 Å². The molecule has 0 radical (unpaired) electrons. The summed E-state index contributed by atoms with van der Waals surface area (Å²) in [5, 5.41) is 47.0. The summed E-state index contributed by atoms with van der Waals surface area (Å²) in [5.41, 5.74) is 0. The summed E-state index contributed by atoms with van der Waals surface area (Å²) < 4.78 is 21.3. The zero-order valence-corrected chi connectivity index (χ0v) is 16.3. The van der Waals surface area contributed by atoms with Crippen LogP contribution in [0.25, 0.3) is 0 Å². The first-order valence-electron chi connectivity index (χ1n) is 7.75. The molecule has 0 saturated heterocycles. The van der Waals surface area contributed by atoms with Gasteiger partial charge in [0.2, 0.25) is 12.6 Å². The lowest BCUT2D eigenvalue weighted by molar-refractivity contribution is -0.291. The Morgan fingerprint density at radius 3 is 1.72 bits per heavy atom. The highest BCUT2D eigenvalue weighted by atomic mass is 32.1. The fraction of sp³-hybridized carbons (Fsp3) is 1.00. The number of aliphatic hydroxyl groups excluding tert-OH is 4. The minimum Gasteiger partial charge on any atom is -0.393 e. The maximum atomic E-state index is 9.89. The van der Waals surface area contributed by atoms with Gasteiger partial charge in [-0.05, 0) is 13.8 Å². The molecule has 0 fully saturated rings. The summed E-state index contributed by atoms with van der Waals surface area (Å²) in [7, 11) is 1.24. The van der Waals surface area contributed by atoms with Crippen molar-refractivity contribution >= 4 is 25.3 Å². The highest BCUT2D eigenvalue weighted by Crippen LogP contribution is 2.17. The Kier molecular flexibility index (Phi) is 13.7. The molecule has 0 aromatic rings. The van der Waals surface area contributed by atoms with Gasteiger partial charge in [-0.3, -0.25) is 0 Å². The van der Waals surface area contributed by atoms with Gasteiger partial charge in [0.25, 0.3) is 0 Å². The lowest BCUT2D eigenvalue weighted by Crippen LogP contribution is -2.47. The van der Waals surface area contributed by atoms with Crippen molar-refractivity contribution in [2.45, 2.75) is 63.2 Å². The van der Waals surface area contributed by atoms with Gasteiger partial charge in [0.15, 0.2) is 6.29 Å². The molecule has 9 nitrogen and oxygen atoms in total. The van der Waals surface area contributed by atoms with Crippen LogP contribution in [0.1, 0.15) is 13.8 Å². The Labute approximate surface area is 158 Å². The fourth-order valence-corrected chi connectivity index (χ4v) is 2.58. The molecule has 0 amide bonds. The summed E-state index contributed by atoms with van der Waals surface area (Å²) in [6, 6.07) is 0. The van der Waals surface area contributed by atoms with E-state index in [-0.39, 0.29) is 11.5 Å². The Bertz CT molecular complexity index is 335. The summed E-state index contributed by atoms with van der Waals surface area (Å²) in [5.74, 6) is 0.307. The molecule has 0 rings (SSSR count). The van der Waals surface area contributed by atoms with Crippen LogP contribution in [0.15, 0.2) is 0 Å². The van der Waals surface area contributed by atoms with Gasteiger partial charge in [0.05, 0.1) is 31.0 Å². The van der Waals surface area contributed by atoms with Crippen LogP contribution in [0.3, 0.4) is 0 Å². The van der Waals surface area contributed by atoms with Crippen LogP contribution >= 0.6 is 25.3 Å². The van der Waals surface area contributed by atoms with Crippen molar-refractivity contribution in [3.63, 3.8) is 0 Å². The maximum absolute atomic E-state index is 9.89. The molecule has 0 aliphatic rings. The van der Waals surface area contributed by atoms with Crippen molar-refractivity contribution in [2.75, 3.05) is 25.2 Å². The van der Waals surface area contributed by atoms with E-state index in [1.165, 1.54) is 14.0 Å². The minimum absolute atomic E-state index is 0.141. The van der Waals surface area contributed by atoms with Gasteiger partial charge in [-0.15, -0.1) is 0 Å². The van der Waals surface area contributed by atoms with Crippen molar-refractivity contribution in [3.05, 3.63) is 0 Å². The van der Waals surface area contributed by atoms with Crippen molar-refractivity contribution < 1.29 is 44.5 Å². The maximum Gasteiger partial charge on any atom is 0.209 e. The molecule has 5 N–H and O–H groups in total. The molecule has 0 aliphatic heterocycles. The Hall–Kier alpha value is 0.340. The first-order valence-corrected chi connectivity index (χ1v) is 9.02. The summed E-state index contributed by atoms with van der Waals surface area (Å²) >= 11 is 8.19. The fourth-order valence-electron chi connectivity index (χ4n) is 1.80. The SMILES string of the molecule is COC(OC(CS)[C@H](C)OC(OC(CS)[C@H](C)O)[C@@H](O)CO)C(O)O. The van der Waals surface area contributed by atoms with Crippen LogP contribution in [0, 0.1) is 0 Å². The molecule has 0 heterocycles. The van der Waals surface area contributed by atoms with Gasteiger partial charge in [-0.2, -0.15) is 25.3 Å². The normalized spacial score (nSPS) is 20.8. The average molecular weight is 407 g/mol. The van der Waals surface area contributed by atoms with Gasteiger partial charge in [0, 0.05) is 18.6 Å². The monoisotopic (exact) mass is 406 g/mol. The van der Waals surface area contributed by atoms with E-state index >= 15 is 0 Å². The van der Waals surface area contributed by atoms with E-state index in [9.17, 15) is 15.3 Å². The molecule has 11 heteroatoms. The predicted molar refractivity (Wildman–Crippen MR) is 95.6 cm³/mol. The molecule has 25 heavy (non-hydrogen) atoms. The van der Waals surface area contributed by atoms with Gasteiger partial charge < -0.3 is 44.5 Å². The third-order valence-electron chi connectivity index (χ3n) is 3.37. The smallest absolute Gasteiger partial charge is 0.209 e. The second-order valence-corrected chi connectivity index (χ2v) is 6.16. The van der Waals surface area contributed by atoms with Gasteiger partial charge in [0.1, 0.15) is 6.10 Å². The van der Waals surface area contributed by atoms with Gasteiger partial charge in [-0.25, -0.2) is 0 Å². The van der Waals surface area contributed by atoms with Crippen LogP contribution in [-0.2, 0) is 18.9 Å². The Balaban J connectivity index is 4.99. The summed E-state index contributed by atoms with van der Waals surface area (Å²) in [6.45, 7) is 2.47. The number of hydrogen-bond donors (Lipinski definition) is 7. The Morgan fingerprint density at radius 1 is 0.840 bits per heavy atom. The van der Waals surface area contributed by atoms with Crippen LogP contribution in [0.5, 0.6) is 0 Å². The summed E-state index contributed by atoms with van der Waals surface area (Å²) in [6.07, 6.45) is -8.88. The molecule has 0 bridgehead atoms. The number of hydrogen-bond acceptors (Lipinski definition) is 11. The number of thiol groups is 2. The number of rotatable bonds is 14. The van der Waals surface area contributed by atoms with Crippen molar-refractivity contribution in [1.29, 1.82) is 0 Å². The Morgan fingerprint density at radius 2 is 1.36 bits per heavy atom. The van der Waals surface area contributed by atoms with Crippen molar-refractivity contribution in [3.8, 4) is 0 Å². The van der Waals surface area contributed by atoms with Crippen LogP contribution in [0.4, 0.5) is 0 Å². The lowest BCUT2D eigenvalue weighted by Gasteiger charge is -2.33. The largest absolute Gasteiger partial charge is 0.393 e. The van der Waals surface area contributed by atoms with Crippen molar-refractivity contribution in [2.24, 2.45) is 0 Å². The lowest BCUT2D eigenvalue weighted by atomic mass is 10.2. The molecule has 4 unspecified atom stereocenters. The first kappa shape index (κ1) is 25.3. The molecule has 0 spiro atoms. The minimum atomic E-state index is -1.86. The van der Waals surface area contributed by atoms with E-state index in [1.54, 1.807) is 6.92 Å². The second kappa shape index (κ2) is 13.5. The molecule has 0 saturated carbocycles. The van der Waals surface area contributed by atoms with E-state index in [4.69, 9.17) is 29.2 Å². The molecule has 152 valence electrons. The van der Waals surface area contributed by atoms with Crippen LogP contribution in [0.2, 0.25) is 0 Å².